The Hall–Kier alpha value is -3.02. The fourth-order valence-corrected chi connectivity index (χ4v) is 7.37. The van der Waals surface area contributed by atoms with Gasteiger partial charge in [0.1, 0.15) is 23.2 Å². The molecule has 0 saturated carbocycles. The third-order valence-corrected chi connectivity index (χ3v) is 9.83. The molecule has 1 fully saturated rings. The molecular formula is C35H45N2O6P. The van der Waals surface area contributed by atoms with Gasteiger partial charge in [-0.25, -0.2) is 4.67 Å². The summed E-state index contributed by atoms with van der Waals surface area (Å²) in [6.07, 6.45) is 0.481. The van der Waals surface area contributed by atoms with Gasteiger partial charge in [0.2, 0.25) is 0 Å². The zero-order valence-electron chi connectivity index (χ0n) is 26.6. The van der Waals surface area contributed by atoms with Gasteiger partial charge in [-0.1, -0.05) is 54.6 Å². The Kier molecular flexibility index (Phi) is 12.6. The summed E-state index contributed by atoms with van der Waals surface area (Å²) in [5.74, 6) is 1.53. The molecule has 1 saturated heterocycles. The Morgan fingerprint density at radius 3 is 1.91 bits per heavy atom. The quantitative estimate of drug-likeness (QED) is 0.0927. The van der Waals surface area contributed by atoms with Crippen molar-refractivity contribution in [3.8, 4) is 17.6 Å². The predicted molar refractivity (Wildman–Crippen MR) is 173 cm³/mol. The Labute approximate surface area is 263 Å². The standard InChI is InChI=1S/C35H45N2O6P/c1-26(2)37(27(3)4)44(42-23-10-22-36)43-33-21-24-40-34(33)25-41-35(28-11-8-7-9-12-28,29-13-17-31(38-5)18-14-29)30-15-19-32(39-6)20-16-30/h7-9,11-20,26-27,33-34H,10,21,23-25H2,1-6H3. The largest absolute Gasteiger partial charge is 0.497 e. The van der Waals surface area contributed by atoms with Gasteiger partial charge >= 0.3 is 0 Å². The van der Waals surface area contributed by atoms with E-state index < -0.39 is 14.1 Å². The molecule has 3 aromatic carbocycles. The average Bonchev–Trinajstić information content (AvgIpc) is 3.49. The molecule has 0 spiro atoms. The van der Waals surface area contributed by atoms with E-state index in [1.807, 2.05) is 66.7 Å². The second kappa shape index (κ2) is 16.3. The molecule has 4 rings (SSSR count). The van der Waals surface area contributed by atoms with Crippen LogP contribution in [-0.2, 0) is 24.1 Å². The second-order valence-corrected chi connectivity index (χ2v) is 12.6. The van der Waals surface area contributed by atoms with E-state index >= 15 is 0 Å². The van der Waals surface area contributed by atoms with Crippen LogP contribution in [0.2, 0.25) is 0 Å². The fourth-order valence-electron chi connectivity index (χ4n) is 5.60. The number of nitrogens with zero attached hydrogens (tertiary/aromatic N) is 2. The zero-order chi connectivity index (χ0) is 31.5. The van der Waals surface area contributed by atoms with E-state index in [1.165, 1.54) is 0 Å². The maximum absolute atomic E-state index is 9.12. The van der Waals surface area contributed by atoms with Crippen LogP contribution in [0.25, 0.3) is 0 Å². The van der Waals surface area contributed by atoms with E-state index in [2.05, 4.69) is 50.6 Å². The first-order valence-electron chi connectivity index (χ1n) is 15.2. The van der Waals surface area contributed by atoms with Crippen LogP contribution in [0.5, 0.6) is 11.5 Å². The van der Waals surface area contributed by atoms with Gasteiger partial charge in [-0.2, -0.15) is 5.26 Å². The molecule has 0 radical (unpaired) electrons. The molecular weight excluding hydrogens is 575 g/mol. The molecule has 3 aromatic rings. The number of hydrogen-bond acceptors (Lipinski definition) is 8. The number of methoxy groups -OCH3 is 2. The molecule has 0 bridgehead atoms. The molecule has 44 heavy (non-hydrogen) atoms. The minimum atomic E-state index is -1.42. The maximum atomic E-state index is 9.12. The predicted octanol–water partition coefficient (Wildman–Crippen LogP) is 7.46. The van der Waals surface area contributed by atoms with Gasteiger partial charge in [0.25, 0.3) is 8.53 Å². The van der Waals surface area contributed by atoms with Crippen LogP contribution in [-0.4, -0.2) is 63.0 Å². The van der Waals surface area contributed by atoms with Crippen molar-refractivity contribution in [2.75, 3.05) is 34.0 Å². The van der Waals surface area contributed by atoms with Gasteiger partial charge in [0, 0.05) is 25.1 Å². The van der Waals surface area contributed by atoms with Crippen molar-refractivity contribution in [2.24, 2.45) is 0 Å². The Bertz CT molecular complexity index is 1260. The van der Waals surface area contributed by atoms with E-state index in [4.69, 9.17) is 33.3 Å². The molecule has 3 atom stereocenters. The normalized spacial score (nSPS) is 17.6. The molecule has 0 aromatic heterocycles. The Balaban J connectivity index is 1.69. The summed E-state index contributed by atoms with van der Waals surface area (Å²) < 4.78 is 39.5. The minimum absolute atomic E-state index is 0.205. The van der Waals surface area contributed by atoms with Crippen molar-refractivity contribution in [1.82, 2.24) is 4.67 Å². The molecule has 1 aliphatic heterocycles. The summed E-state index contributed by atoms with van der Waals surface area (Å²) in [7, 11) is 1.91. The van der Waals surface area contributed by atoms with Crippen molar-refractivity contribution in [3.05, 3.63) is 95.6 Å². The van der Waals surface area contributed by atoms with E-state index in [-0.39, 0.29) is 30.9 Å². The first-order valence-corrected chi connectivity index (χ1v) is 16.3. The van der Waals surface area contributed by atoms with Crippen LogP contribution in [0.3, 0.4) is 0 Å². The minimum Gasteiger partial charge on any atom is -0.497 e. The second-order valence-electron chi connectivity index (χ2n) is 11.2. The monoisotopic (exact) mass is 620 g/mol. The third-order valence-electron chi connectivity index (χ3n) is 7.67. The summed E-state index contributed by atoms with van der Waals surface area (Å²) in [5.41, 5.74) is 1.95. The van der Waals surface area contributed by atoms with Crippen molar-refractivity contribution in [1.29, 1.82) is 5.26 Å². The van der Waals surface area contributed by atoms with Crippen molar-refractivity contribution in [3.63, 3.8) is 0 Å². The molecule has 1 heterocycles. The van der Waals surface area contributed by atoms with Gasteiger partial charge in [-0.15, -0.1) is 0 Å². The molecule has 0 aliphatic carbocycles. The van der Waals surface area contributed by atoms with Crippen LogP contribution < -0.4 is 9.47 Å². The lowest BCUT2D eigenvalue weighted by molar-refractivity contribution is -0.0673. The SMILES string of the molecule is COc1ccc(C(OCC2OCCC2OP(OCCC#N)N(C(C)C)C(C)C)(c2ccccc2)c2ccc(OC)cc2)cc1. The summed E-state index contributed by atoms with van der Waals surface area (Å²) in [6.45, 7) is 9.70. The van der Waals surface area contributed by atoms with E-state index in [1.54, 1.807) is 14.2 Å². The van der Waals surface area contributed by atoms with E-state index in [0.717, 1.165) is 34.6 Å². The number of ether oxygens (including phenoxy) is 4. The van der Waals surface area contributed by atoms with Crippen LogP contribution in [0.4, 0.5) is 0 Å². The topological polar surface area (TPSA) is 82.4 Å². The highest BCUT2D eigenvalue weighted by Gasteiger charge is 2.42. The Morgan fingerprint density at radius 2 is 1.41 bits per heavy atom. The molecule has 0 N–H and O–H groups in total. The summed E-state index contributed by atoms with van der Waals surface area (Å²) in [4.78, 5) is 0. The Morgan fingerprint density at radius 1 is 0.864 bits per heavy atom. The van der Waals surface area contributed by atoms with Gasteiger partial charge in [-0.05, 0) is 68.7 Å². The fraction of sp³-hybridized carbons (Fsp3) is 0.457. The summed E-state index contributed by atoms with van der Waals surface area (Å²) in [6, 6.07) is 28.8. The van der Waals surface area contributed by atoms with E-state index in [9.17, 15) is 0 Å². The third kappa shape index (κ3) is 7.97. The van der Waals surface area contributed by atoms with Gasteiger partial charge in [0.05, 0.1) is 46.0 Å². The smallest absolute Gasteiger partial charge is 0.259 e. The molecule has 0 amide bonds. The van der Waals surface area contributed by atoms with E-state index in [0.29, 0.717) is 19.6 Å². The number of nitriles is 1. The maximum Gasteiger partial charge on any atom is 0.259 e. The first-order chi connectivity index (χ1) is 21.3. The van der Waals surface area contributed by atoms with Gasteiger partial charge < -0.3 is 28.0 Å². The molecule has 3 unspecified atom stereocenters. The highest BCUT2D eigenvalue weighted by molar-refractivity contribution is 7.44. The van der Waals surface area contributed by atoms with Gasteiger partial charge in [0.15, 0.2) is 0 Å². The van der Waals surface area contributed by atoms with Crippen molar-refractivity contribution < 1.29 is 28.0 Å². The highest BCUT2D eigenvalue weighted by atomic mass is 31.2. The van der Waals surface area contributed by atoms with Crippen LogP contribution >= 0.6 is 8.53 Å². The molecule has 8 nitrogen and oxygen atoms in total. The lowest BCUT2D eigenvalue weighted by Gasteiger charge is -2.39. The number of rotatable bonds is 16. The molecule has 9 heteroatoms. The lowest BCUT2D eigenvalue weighted by atomic mass is 9.80. The molecule has 236 valence electrons. The van der Waals surface area contributed by atoms with Crippen LogP contribution in [0.15, 0.2) is 78.9 Å². The summed E-state index contributed by atoms with van der Waals surface area (Å²) >= 11 is 0. The average molecular weight is 621 g/mol. The number of benzene rings is 3. The first kappa shape index (κ1) is 33.9. The highest BCUT2D eigenvalue weighted by Crippen LogP contribution is 2.49. The van der Waals surface area contributed by atoms with Crippen LogP contribution in [0.1, 0.15) is 57.2 Å². The van der Waals surface area contributed by atoms with Crippen LogP contribution in [0, 0.1) is 11.3 Å². The zero-order valence-corrected chi connectivity index (χ0v) is 27.5. The van der Waals surface area contributed by atoms with Crippen molar-refractivity contribution in [2.45, 2.75) is 70.4 Å². The molecule has 1 aliphatic rings. The number of hydrogen-bond donors (Lipinski definition) is 0. The summed E-state index contributed by atoms with van der Waals surface area (Å²) in [5, 5.41) is 9.12. The van der Waals surface area contributed by atoms with Gasteiger partial charge in [-0.3, -0.25) is 0 Å². The van der Waals surface area contributed by atoms with Crippen molar-refractivity contribution >= 4 is 8.53 Å². The lowest BCUT2D eigenvalue weighted by Crippen LogP contribution is -2.39.